The van der Waals surface area contributed by atoms with Gasteiger partial charge in [-0.3, -0.25) is 10.1 Å². The molecule has 0 heterocycles. The van der Waals surface area contributed by atoms with E-state index >= 15 is 0 Å². The quantitative estimate of drug-likeness (QED) is 0.479. The van der Waals surface area contributed by atoms with Crippen LogP contribution in [0.2, 0.25) is 0 Å². The average Bonchev–Trinajstić information content (AvgIpc) is 2.70. The molecule has 0 saturated heterocycles. The summed E-state index contributed by atoms with van der Waals surface area (Å²) in [6.45, 7) is 2.55. The minimum Gasteiger partial charge on any atom is -0.316 e. The Morgan fingerprint density at radius 2 is 1.46 bits per heavy atom. The summed E-state index contributed by atoms with van der Waals surface area (Å²) >= 11 is 0. The second kappa shape index (κ2) is 8.81. The lowest BCUT2D eigenvalue weighted by atomic mass is 10.1. The van der Waals surface area contributed by atoms with Crippen molar-refractivity contribution in [2.24, 2.45) is 0 Å². The molecule has 28 heavy (non-hydrogen) atoms. The smallest absolute Gasteiger partial charge is 0.316 e. The Labute approximate surface area is 163 Å². The number of nitrogens with one attached hydrogen (secondary N) is 1. The largest absolute Gasteiger partial charge is 0.322 e. The van der Waals surface area contributed by atoms with Crippen LogP contribution in [0.4, 0.5) is 16.2 Å². The number of rotatable bonds is 6. The fourth-order valence-corrected chi connectivity index (χ4v) is 2.90. The lowest BCUT2D eigenvalue weighted by molar-refractivity contribution is -0.384. The van der Waals surface area contributed by atoms with Gasteiger partial charge in [-0.1, -0.05) is 66.7 Å². The Morgan fingerprint density at radius 1 is 0.929 bits per heavy atom. The summed E-state index contributed by atoms with van der Waals surface area (Å²) in [4.78, 5) is 25.5. The first-order chi connectivity index (χ1) is 13.5. The third kappa shape index (κ3) is 4.94. The van der Waals surface area contributed by atoms with Crippen LogP contribution in [-0.4, -0.2) is 15.9 Å². The monoisotopic (exact) mass is 375 g/mol. The van der Waals surface area contributed by atoms with E-state index in [0.717, 1.165) is 16.7 Å². The number of hydrogen-bond acceptors (Lipinski definition) is 3. The van der Waals surface area contributed by atoms with Gasteiger partial charge in [-0.15, -0.1) is 0 Å². The van der Waals surface area contributed by atoms with Crippen molar-refractivity contribution in [1.29, 1.82) is 0 Å². The summed E-state index contributed by atoms with van der Waals surface area (Å²) in [7, 11) is 0. The lowest BCUT2D eigenvalue weighted by Gasteiger charge is -2.23. The van der Waals surface area contributed by atoms with Crippen LogP contribution in [0.5, 0.6) is 0 Å². The van der Waals surface area contributed by atoms with Gasteiger partial charge < -0.3 is 10.2 Å². The molecule has 0 atom stereocenters. The number of aryl methyl sites for hydroxylation is 1. The Bertz CT molecular complexity index is 918. The van der Waals surface area contributed by atoms with E-state index in [0.29, 0.717) is 13.1 Å². The molecule has 0 radical (unpaired) electrons. The molecule has 142 valence electrons. The van der Waals surface area contributed by atoms with Gasteiger partial charge in [0.25, 0.3) is 5.69 Å². The van der Waals surface area contributed by atoms with Gasteiger partial charge in [0.1, 0.15) is 5.69 Å². The van der Waals surface area contributed by atoms with Gasteiger partial charge in [0, 0.05) is 19.2 Å². The van der Waals surface area contributed by atoms with Crippen LogP contribution >= 0.6 is 0 Å². The first-order valence-electron chi connectivity index (χ1n) is 8.92. The van der Waals surface area contributed by atoms with E-state index in [9.17, 15) is 14.9 Å². The molecule has 0 aromatic heterocycles. The molecule has 3 aromatic carbocycles. The molecule has 0 fully saturated rings. The lowest BCUT2D eigenvalue weighted by Crippen LogP contribution is -2.34. The van der Waals surface area contributed by atoms with E-state index in [4.69, 9.17) is 0 Å². The minimum atomic E-state index is -0.485. The van der Waals surface area contributed by atoms with E-state index in [1.165, 1.54) is 6.07 Å². The highest BCUT2D eigenvalue weighted by atomic mass is 16.6. The number of nitro groups is 1. The van der Waals surface area contributed by atoms with Gasteiger partial charge in [-0.2, -0.15) is 0 Å². The highest BCUT2D eigenvalue weighted by Gasteiger charge is 2.20. The molecule has 6 nitrogen and oxygen atoms in total. The molecule has 0 aliphatic rings. The molecule has 0 bridgehead atoms. The third-order valence-corrected chi connectivity index (χ3v) is 4.31. The second-order valence-corrected chi connectivity index (χ2v) is 6.54. The number of urea groups is 1. The normalized spacial score (nSPS) is 10.3. The predicted octanol–water partition coefficient (Wildman–Crippen LogP) is 5.14. The van der Waals surface area contributed by atoms with Gasteiger partial charge in [0.15, 0.2) is 0 Å². The van der Waals surface area contributed by atoms with E-state index in [1.54, 1.807) is 24.0 Å². The number of carbonyl (C=O) groups excluding carboxylic acids is 1. The zero-order valence-electron chi connectivity index (χ0n) is 15.5. The summed E-state index contributed by atoms with van der Waals surface area (Å²) in [6, 6.07) is 23.6. The first kappa shape index (κ1) is 19.1. The fourth-order valence-electron chi connectivity index (χ4n) is 2.90. The van der Waals surface area contributed by atoms with Crippen molar-refractivity contribution in [1.82, 2.24) is 4.90 Å². The summed E-state index contributed by atoms with van der Waals surface area (Å²) < 4.78 is 0. The molecule has 0 unspecified atom stereocenters. The van der Waals surface area contributed by atoms with Gasteiger partial charge in [0.05, 0.1) is 4.92 Å². The predicted molar refractivity (Wildman–Crippen MR) is 109 cm³/mol. The van der Waals surface area contributed by atoms with Crippen LogP contribution in [-0.2, 0) is 13.1 Å². The number of nitro benzene ring substituents is 1. The Kier molecular flexibility index (Phi) is 6.01. The van der Waals surface area contributed by atoms with Crippen molar-refractivity contribution in [2.75, 3.05) is 5.32 Å². The zero-order valence-corrected chi connectivity index (χ0v) is 15.5. The minimum absolute atomic E-state index is 0.118. The summed E-state index contributed by atoms with van der Waals surface area (Å²) in [5.41, 5.74) is 2.79. The highest BCUT2D eigenvalue weighted by Crippen LogP contribution is 2.26. The van der Waals surface area contributed by atoms with Crippen molar-refractivity contribution in [3.8, 4) is 0 Å². The maximum absolute atomic E-state index is 13.0. The van der Waals surface area contributed by atoms with Crippen molar-refractivity contribution < 1.29 is 9.72 Å². The van der Waals surface area contributed by atoms with E-state index in [-0.39, 0.29) is 17.4 Å². The SMILES string of the molecule is Cc1ccc(NC(=O)N(Cc2ccccc2)Cc2ccccc2)c([N+](=O)[O-])c1. The van der Waals surface area contributed by atoms with E-state index in [2.05, 4.69) is 5.32 Å². The number of carbonyl (C=O) groups is 1. The van der Waals surface area contributed by atoms with Crippen LogP contribution in [0.25, 0.3) is 0 Å². The maximum atomic E-state index is 13.0. The molecule has 0 spiro atoms. The molecular formula is C22H21N3O3. The summed E-state index contributed by atoms with van der Waals surface area (Å²) in [6.07, 6.45) is 0. The van der Waals surface area contributed by atoms with Crippen molar-refractivity contribution >= 4 is 17.4 Å². The van der Waals surface area contributed by atoms with Gasteiger partial charge in [-0.05, 0) is 29.7 Å². The standard InChI is InChI=1S/C22H21N3O3/c1-17-12-13-20(21(14-17)25(27)28)23-22(26)24(15-18-8-4-2-5-9-18)16-19-10-6-3-7-11-19/h2-14H,15-16H2,1H3,(H,23,26). The molecule has 2 amide bonds. The van der Waals surface area contributed by atoms with Gasteiger partial charge in [0.2, 0.25) is 0 Å². The van der Waals surface area contributed by atoms with E-state index in [1.807, 2.05) is 60.7 Å². The topological polar surface area (TPSA) is 75.5 Å². The van der Waals surface area contributed by atoms with E-state index < -0.39 is 4.92 Å². The number of benzene rings is 3. The molecule has 3 rings (SSSR count). The average molecular weight is 375 g/mol. The molecule has 1 N–H and O–H groups in total. The van der Waals surface area contributed by atoms with Crippen molar-refractivity contribution in [3.63, 3.8) is 0 Å². The van der Waals surface area contributed by atoms with Crippen molar-refractivity contribution in [3.05, 3.63) is 106 Å². The number of hydrogen-bond donors (Lipinski definition) is 1. The van der Waals surface area contributed by atoms with Crippen LogP contribution in [0.3, 0.4) is 0 Å². The molecule has 0 aliphatic carbocycles. The number of anilines is 1. The fraction of sp³-hybridized carbons (Fsp3) is 0.136. The summed E-state index contributed by atoms with van der Waals surface area (Å²) in [5.74, 6) is 0. The molecule has 3 aromatic rings. The molecule has 0 aliphatic heterocycles. The Morgan fingerprint density at radius 3 is 1.96 bits per heavy atom. The third-order valence-electron chi connectivity index (χ3n) is 4.31. The summed E-state index contributed by atoms with van der Waals surface area (Å²) in [5, 5.41) is 14.1. The van der Waals surface area contributed by atoms with Crippen LogP contribution in [0, 0.1) is 17.0 Å². The van der Waals surface area contributed by atoms with Crippen LogP contribution in [0.15, 0.2) is 78.9 Å². The van der Waals surface area contributed by atoms with Crippen LogP contribution in [0.1, 0.15) is 16.7 Å². The van der Waals surface area contributed by atoms with Crippen LogP contribution < -0.4 is 5.32 Å². The Hall–Kier alpha value is -3.67. The molecule has 0 saturated carbocycles. The van der Waals surface area contributed by atoms with Gasteiger partial charge >= 0.3 is 6.03 Å². The maximum Gasteiger partial charge on any atom is 0.322 e. The molecule has 6 heteroatoms. The number of nitrogens with zero attached hydrogens (tertiary/aromatic N) is 2. The number of amides is 2. The zero-order chi connectivity index (χ0) is 19.9. The first-order valence-corrected chi connectivity index (χ1v) is 8.92. The van der Waals surface area contributed by atoms with Gasteiger partial charge in [-0.25, -0.2) is 4.79 Å². The highest BCUT2D eigenvalue weighted by molar-refractivity contribution is 5.91. The molecular weight excluding hydrogens is 354 g/mol. The second-order valence-electron chi connectivity index (χ2n) is 6.54. The van der Waals surface area contributed by atoms with Crippen molar-refractivity contribution in [2.45, 2.75) is 20.0 Å². The Balaban J connectivity index is 1.85.